The van der Waals surface area contributed by atoms with Crippen molar-refractivity contribution in [3.63, 3.8) is 0 Å². The van der Waals surface area contributed by atoms with Gasteiger partial charge in [-0.1, -0.05) is 24.4 Å². The van der Waals surface area contributed by atoms with Crippen LogP contribution in [0.3, 0.4) is 0 Å². The van der Waals surface area contributed by atoms with Crippen molar-refractivity contribution in [2.75, 3.05) is 0 Å². The Morgan fingerprint density at radius 3 is 0.727 bits per heavy atom. The molecular weight excluding hydrogens is 220 g/mol. The van der Waals surface area contributed by atoms with E-state index in [4.69, 9.17) is 10.8 Å². The fourth-order valence-electron chi connectivity index (χ4n) is 0. The minimum Gasteiger partial charge on any atom is -0.753 e. The largest absolute Gasteiger partial charge is 2.00 e. The molecule has 0 aliphatic carbocycles. The molecule has 0 aromatic heterocycles. The monoisotopic (exact) mass is 228 g/mol. The van der Waals surface area contributed by atoms with Crippen LogP contribution in [0.1, 0.15) is 0 Å². The Kier molecular flexibility index (Phi) is 761. The van der Waals surface area contributed by atoms with Crippen LogP contribution < -0.4 is 0 Å². The van der Waals surface area contributed by atoms with E-state index in [0.717, 1.165) is 0 Å². The first kappa shape index (κ1) is 60.6. The summed E-state index contributed by atoms with van der Waals surface area (Å²) in [5.41, 5.74) is 0. The van der Waals surface area contributed by atoms with Crippen molar-refractivity contribution in [3.8, 4) is 0 Å². The molecule has 8 N–H and O–H groups in total. The number of thiocarbonyl (C=S) groups is 2. The number of nitrogens with zero attached hydrogens (tertiary/aromatic N) is 2. The first-order valence-electron chi connectivity index (χ1n) is 0.855. The van der Waals surface area contributed by atoms with E-state index in [1.54, 1.807) is 0 Å². The quantitative estimate of drug-likeness (QED) is 0.256. The molecule has 9 heteroatoms. The summed E-state index contributed by atoms with van der Waals surface area (Å²) in [5.74, 6) is 0. The Labute approximate surface area is 104 Å². The summed E-state index contributed by atoms with van der Waals surface area (Å²) in [6.45, 7) is 0. The third-order valence-corrected chi connectivity index (χ3v) is 0. The Morgan fingerprint density at radius 2 is 0.727 bits per heavy atom. The van der Waals surface area contributed by atoms with Crippen LogP contribution in [0.25, 0.3) is 10.8 Å². The molecule has 0 unspecified atom stereocenters. The first-order chi connectivity index (χ1) is 2.83. The summed E-state index contributed by atoms with van der Waals surface area (Å²) in [6, 6.07) is 0. The van der Waals surface area contributed by atoms with Crippen LogP contribution in [0.15, 0.2) is 0 Å². The van der Waals surface area contributed by atoms with Crippen LogP contribution in [-0.2, 0) is 0 Å². The van der Waals surface area contributed by atoms with Crippen molar-refractivity contribution in [2.24, 2.45) is 0 Å². The van der Waals surface area contributed by atoms with E-state index in [9.17, 15) is 0 Å². The second kappa shape index (κ2) is 138. The maximum Gasteiger partial charge on any atom is 2.00 e. The van der Waals surface area contributed by atoms with E-state index in [2.05, 4.69) is 24.4 Å². The zero-order valence-electron chi connectivity index (χ0n) is 5.42. The van der Waals surface area contributed by atoms with Crippen LogP contribution >= 0.6 is 24.4 Å². The van der Waals surface area contributed by atoms with E-state index in [1.807, 2.05) is 0 Å². The SMILES string of the molecule is O.O.O.O.[Ca+2].[N-]=C=S.[N-]=C=S. The standard InChI is InChI=1S/2CNS.Ca.4H2O/c2*2-1-3;;;;;/h;;;4*1H2/q2*-1;+2;;;;. The van der Waals surface area contributed by atoms with Crippen molar-refractivity contribution >= 4 is 72.5 Å². The van der Waals surface area contributed by atoms with Gasteiger partial charge in [-0.2, -0.15) is 10.3 Å². The van der Waals surface area contributed by atoms with Gasteiger partial charge in [-0.25, -0.2) is 0 Å². The predicted molar refractivity (Wildman–Crippen MR) is 52.1 cm³/mol. The Bertz CT molecular complexity index is 78.1. The fourth-order valence-corrected chi connectivity index (χ4v) is 0. The van der Waals surface area contributed by atoms with Crippen LogP contribution in [-0.4, -0.2) is 70.0 Å². The van der Waals surface area contributed by atoms with Crippen molar-refractivity contribution in [1.82, 2.24) is 0 Å². The number of hydrogen-bond acceptors (Lipinski definition) is 2. The summed E-state index contributed by atoms with van der Waals surface area (Å²) in [5, 5.41) is 16.9. The smallest absolute Gasteiger partial charge is 0.753 e. The van der Waals surface area contributed by atoms with E-state index in [1.165, 1.54) is 10.3 Å². The van der Waals surface area contributed by atoms with Gasteiger partial charge < -0.3 is 32.7 Å². The number of hydrogen-bond donors (Lipinski definition) is 0. The van der Waals surface area contributed by atoms with E-state index >= 15 is 0 Å². The molecule has 0 saturated heterocycles. The molecule has 0 amide bonds. The number of rotatable bonds is 0. The fraction of sp³-hybridized carbons (Fsp3) is 0. The zero-order chi connectivity index (χ0) is 5.41. The number of isothiocyanates is 2. The molecule has 6 nitrogen and oxygen atoms in total. The molecule has 0 heterocycles. The Morgan fingerprint density at radius 1 is 0.727 bits per heavy atom. The van der Waals surface area contributed by atoms with Crippen molar-refractivity contribution < 1.29 is 21.9 Å². The van der Waals surface area contributed by atoms with Crippen LogP contribution in [0, 0.1) is 0 Å². The average molecular weight is 228 g/mol. The maximum atomic E-state index is 7.13. The van der Waals surface area contributed by atoms with Gasteiger partial charge in [-0.3, -0.25) is 0 Å². The van der Waals surface area contributed by atoms with Gasteiger partial charge in [0, 0.05) is 0 Å². The molecule has 0 bridgehead atoms. The van der Waals surface area contributed by atoms with Crippen LogP contribution in [0.5, 0.6) is 0 Å². The van der Waals surface area contributed by atoms with Crippen molar-refractivity contribution in [1.29, 1.82) is 0 Å². The molecule has 64 valence electrons. The topological polar surface area (TPSA) is 171 Å². The van der Waals surface area contributed by atoms with Gasteiger partial charge in [-0.15, -0.1) is 0 Å². The van der Waals surface area contributed by atoms with Gasteiger partial charge in [0.2, 0.25) is 0 Å². The Balaban J connectivity index is -0.00000000400. The van der Waals surface area contributed by atoms with Gasteiger partial charge in [0.25, 0.3) is 0 Å². The van der Waals surface area contributed by atoms with E-state index in [-0.39, 0.29) is 59.6 Å². The second-order valence-electron chi connectivity index (χ2n) is 0.183. The molecule has 0 aromatic rings. The zero-order valence-corrected chi connectivity index (χ0v) is 9.26. The molecule has 0 aliphatic heterocycles. The van der Waals surface area contributed by atoms with Crippen LogP contribution in [0.4, 0.5) is 0 Å². The molecule has 0 aliphatic rings. The minimum atomic E-state index is 0. The third kappa shape index (κ3) is 1650. The molecular formula is C2H8CaN2O4S2. The summed E-state index contributed by atoms with van der Waals surface area (Å²) in [4.78, 5) is 0. The minimum absolute atomic E-state index is 0. The summed E-state index contributed by atoms with van der Waals surface area (Å²) >= 11 is 7.40. The first-order valence-corrected chi connectivity index (χ1v) is 1.67. The molecule has 0 rings (SSSR count). The molecule has 0 aromatic carbocycles. The predicted octanol–water partition coefficient (Wildman–Crippen LogP) is -2.36. The van der Waals surface area contributed by atoms with Gasteiger partial charge in [0.15, 0.2) is 0 Å². The summed E-state index contributed by atoms with van der Waals surface area (Å²) < 4.78 is 0. The van der Waals surface area contributed by atoms with Gasteiger partial charge >= 0.3 is 37.7 Å². The van der Waals surface area contributed by atoms with E-state index < -0.39 is 0 Å². The van der Waals surface area contributed by atoms with Gasteiger partial charge in [-0.05, 0) is 0 Å². The summed E-state index contributed by atoms with van der Waals surface area (Å²) in [6.07, 6.45) is 0. The van der Waals surface area contributed by atoms with Crippen LogP contribution in [0.2, 0.25) is 0 Å². The molecule has 0 radical (unpaired) electrons. The van der Waals surface area contributed by atoms with Crippen molar-refractivity contribution in [2.45, 2.75) is 0 Å². The summed E-state index contributed by atoms with van der Waals surface area (Å²) in [7, 11) is 0. The van der Waals surface area contributed by atoms with Gasteiger partial charge in [0.1, 0.15) is 0 Å². The average Bonchev–Trinajstić information content (AvgIpc) is 1.39. The van der Waals surface area contributed by atoms with Crippen molar-refractivity contribution in [3.05, 3.63) is 10.8 Å². The molecule has 0 fully saturated rings. The molecule has 0 atom stereocenters. The van der Waals surface area contributed by atoms with E-state index in [0.29, 0.717) is 0 Å². The molecule has 0 spiro atoms. The Hall–Kier alpha value is 0.700. The molecule has 11 heavy (non-hydrogen) atoms. The molecule has 0 saturated carbocycles. The maximum absolute atomic E-state index is 7.13. The second-order valence-corrected chi connectivity index (χ2v) is 0.548. The third-order valence-electron chi connectivity index (χ3n) is 0. The van der Waals surface area contributed by atoms with Gasteiger partial charge in [0.05, 0.1) is 0 Å². The normalized spacial score (nSPS) is 1.45.